The Morgan fingerprint density at radius 1 is 1.13 bits per heavy atom. The number of fused-ring (bicyclic) bond motifs is 1. The molecule has 1 amide bonds. The molecule has 0 aliphatic heterocycles. The fourth-order valence-electron chi connectivity index (χ4n) is 3.26. The van der Waals surface area contributed by atoms with Crippen molar-refractivity contribution in [1.29, 1.82) is 0 Å². The average Bonchev–Trinajstić information content (AvgIpc) is 3.16. The minimum Gasteiger partial charge on any atom is -0.278 e. The second-order valence-corrected chi connectivity index (χ2v) is 7.95. The number of hydrogen-bond donors (Lipinski definition) is 0. The first-order valence-corrected chi connectivity index (χ1v) is 10.1. The van der Waals surface area contributed by atoms with Crippen molar-refractivity contribution in [2.45, 2.75) is 20.4 Å². The highest BCUT2D eigenvalue weighted by atomic mass is 32.1. The zero-order valence-electron chi connectivity index (χ0n) is 16.4. The van der Waals surface area contributed by atoms with Crippen molar-refractivity contribution >= 4 is 38.3 Å². The third-order valence-electron chi connectivity index (χ3n) is 4.64. The normalized spacial score (nSPS) is 10.9. The lowest BCUT2D eigenvalue weighted by Crippen LogP contribution is -2.30. The second-order valence-electron chi connectivity index (χ2n) is 6.94. The van der Waals surface area contributed by atoms with E-state index in [2.05, 4.69) is 11.1 Å². The van der Waals surface area contributed by atoms with Gasteiger partial charge in [0.15, 0.2) is 5.13 Å². The van der Waals surface area contributed by atoms with E-state index in [4.69, 9.17) is 4.98 Å². The predicted octanol–water partition coefficient (Wildman–Crippen LogP) is 5.06. The van der Waals surface area contributed by atoms with Gasteiger partial charge < -0.3 is 0 Å². The Bertz CT molecular complexity index is 1250. The number of aryl methyl sites for hydroxylation is 2. The van der Waals surface area contributed by atoms with Crippen molar-refractivity contribution in [3.05, 3.63) is 93.3 Å². The molecule has 0 bridgehead atoms. The van der Waals surface area contributed by atoms with Gasteiger partial charge in [-0.2, -0.15) is 0 Å². The van der Waals surface area contributed by atoms with Gasteiger partial charge in [0.1, 0.15) is 0 Å². The average molecular weight is 418 g/mol. The molecule has 7 nitrogen and oxygen atoms in total. The van der Waals surface area contributed by atoms with Crippen LogP contribution in [0.2, 0.25) is 0 Å². The summed E-state index contributed by atoms with van der Waals surface area (Å²) >= 11 is 1.42. The highest BCUT2D eigenvalue weighted by Crippen LogP contribution is 2.33. The van der Waals surface area contributed by atoms with Crippen molar-refractivity contribution < 1.29 is 9.72 Å². The van der Waals surface area contributed by atoms with E-state index in [0.717, 1.165) is 21.3 Å². The summed E-state index contributed by atoms with van der Waals surface area (Å²) in [6.07, 6.45) is 1.66. The van der Waals surface area contributed by atoms with E-state index >= 15 is 0 Å². The maximum Gasteiger partial charge on any atom is 0.270 e. The van der Waals surface area contributed by atoms with Gasteiger partial charge in [-0.05, 0) is 49.2 Å². The van der Waals surface area contributed by atoms with E-state index in [-0.39, 0.29) is 23.7 Å². The summed E-state index contributed by atoms with van der Waals surface area (Å²) in [5, 5.41) is 11.7. The quantitative estimate of drug-likeness (QED) is 0.334. The van der Waals surface area contributed by atoms with E-state index in [1.807, 2.05) is 32.0 Å². The summed E-state index contributed by atoms with van der Waals surface area (Å²) in [7, 11) is 0. The smallest absolute Gasteiger partial charge is 0.270 e. The van der Waals surface area contributed by atoms with Gasteiger partial charge in [-0.3, -0.25) is 24.8 Å². The van der Waals surface area contributed by atoms with Crippen molar-refractivity contribution in [2.75, 3.05) is 4.90 Å². The zero-order valence-corrected chi connectivity index (χ0v) is 17.2. The second kappa shape index (κ2) is 8.00. The van der Waals surface area contributed by atoms with Crippen LogP contribution in [-0.4, -0.2) is 20.8 Å². The number of hydrogen-bond acceptors (Lipinski definition) is 6. The topological polar surface area (TPSA) is 89.2 Å². The first-order chi connectivity index (χ1) is 14.4. The molecule has 0 saturated carbocycles. The minimum absolute atomic E-state index is 0.130. The number of amides is 1. The fraction of sp³-hybridized carbons (Fsp3) is 0.136. The van der Waals surface area contributed by atoms with Gasteiger partial charge in [0.2, 0.25) is 0 Å². The molecule has 2 aromatic heterocycles. The van der Waals surface area contributed by atoms with Crippen LogP contribution in [0.4, 0.5) is 10.8 Å². The SMILES string of the molecule is Cc1cc(C)c2nc(N(Cc3ccccn3)C(=O)c3cccc([N+](=O)[O-])c3)sc2c1. The summed E-state index contributed by atoms with van der Waals surface area (Å²) in [6, 6.07) is 15.3. The number of nitro benzene ring substituents is 1. The van der Waals surface area contributed by atoms with Gasteiger partial charge in [0, 0.05) is 23.9 Å². The number of aromatic nitrogens is 2. The van der Waals surface area contributed by atoms with Crippen molar-refractivity contribution in [3.8, 4) is 0 Å². The molecule has 2 aromatic carbocycles. The number of non-ortho nitro benzene ring substituents is 1. The molecule has 0 radical (unpaired) electrons. The number of rotatable bonds is 5. The molecule has 0 saturated heterocycles. The summed E-state index contributed by atoms with van der Waals surface area (Å²) in [4.78, 5) is 34.6. The van der Waals surface area contributed by atoms with Gasteiger partial charge in [-0.1, -0.05) is 29.5 Å². The molecule has 0 unspecified atom stereocenters. The number of anilines is 1. The molecule has 8 heteroatoms. The van der Waals surface area contributed by atoms with E-state index in [1.54, 1.807) is 18.3 Å². The molecule has 2 heterocycles. The molecule has 0 aliphatic carbocycles. The Hall–Kier alpha value is -3.65. The van der Waals surface area contributed by atoms with Gasteiger partial charge in [-0.15, -0.1) is 0 Å². The van der Waals surface area contributed by atoms with E-state index in [0.29, 0.717) is 10.8 Å². The van der Waals surface area contributed by atoms with Crippen LogP contribution in [0.25, 0.3) is 10.2 Å². The molecule has 150 valence electrons. The Morgan fingerprint density at radius 3 is 2.70 bits per heavy atom. The highest BCUT2D eigenvalue weighted by molar-refractivity contribution is 7.22. The lowest BCUT2D eigenvalue weighted by Gasteiger charge is -2.19. The molecule has 0 aliphatic rings. The Morgan fingerprint density at radius 2 is 1.97 bits per heavy atom. The maximum atomic E-state index is 13.4. The lowest BCUT2D eigenvalue weighted by molar-refractivity contribution is -0.384. The van der Waals surface area contributed by atoms with Crippen LogP contribution in [-0.2, 0) is 6.54 Å². The molecule has 0 atom stereocenters. The van der Waals surface area contributed by atoms with E-state index in [1.165, 1.54) is 34.4 Å². The largest absolute Gasteiger partial charge is 0.278 e. The molecule has 0 fully saturated rings. The summed E-state index contributed by atoms with van der Waals surface area (Å²) in [5.74, 6) is -0.363. The first kappa shape index (κ1) is 19.7. The number of carbonyl (C=O) groups excluding carboxylic acids is 1. The number of nitro groups is 1. The molecule has 30 heavy (non-hydrogen) atoms. The van der Waals surface area contributed by atoms with Crippen LogP contribution in [0.3, 0.4) is 0 Å². The third-order valence-corrected chi connectivity index (χ3v) is 5.67. The predicted molar refractivity (Wildman–Crippen MR) is 117 cm³/mol. The first-order valence-electron chi connectivity index (χ1n) is 9.26. The van der Waals surface area contributed by atoms with Gasteiger partial charge in [0.05, 0.1) is 27.4 Å². The van der Waals surface area contributed by atoms with Crippen molar-refractivity contribution in [2.24, 2.45) is 0 Å². The van der Waals surface area contributed by atoms with Crippen LogP contribution >= 0.6 is 11.3 Å². The van der Waals surface area contributed by atoms with Crippen molar-refractivity contribution in [3.63, 3.8) is 0 Å². The minimum atomic E-state index is -0.510. The van der Waals surface area contributed by atoms with Crippen LogP contribution in [0.5, 0.6) is 0 Å². The van der Waals surface area contributed by atoms with Gasteiger partial charge in [-0.25, -0.2) is 4.98 Å². The molecule has 4 rings (SSSR count). The van der Waals surface area contributed by atoms with E-state index < -0.39 is 4.92 Å². The Kier molecular flexibility index (Phi) is 5.24. The summed E-state index contributed by atoms with van der Waals surface area (Å²) in [6.45, 7) is 4.22. The maximum absolute atomic E-state index is 13.4. The Balaban J connectivity index is 1.80. The van der Waals surface area contributed by atoms with Gasteiger partial charge >= 0.3 is 0 Å². The molecular formula is C22H18N4O3S. The Labute approximate surface area is 176 Å². The van der Waals surface area contributed by atoms with E-state index in [9.17, 15) is 14.9 Å². The molecule has 4 aromatic rings. The lowest BCUT2D eigenvalue weighted by atomic mass is 10.1. The summed E-state index contributed by atoms with van der Waals surface area (Å²) < 4.78 is 0.986. The monoisotopic (exact) mass is 418 g/mol. The highest BCUT2D eigenvalue weighted by Gasteiger charge is 2.24. The van der Waals surface area contributed by atoms with Crippen LogP contribution in [0, 0.1) is 24.0 Å². The number of benzene rings is 2. The fourth-order valence-corrected chi connectivity index (χ4v) is 4.40. The summed E-state index contributed by atoms with van der Waals surface area (Å²) in [5.41, 5.74) is 3.80. The number of carbonyl (C=O) groups is 1. The molecule has 0 spiro atoms. The molecule has 0 N–H and O–H groups in total. The number of nitrogens with zero attached hydrogens (tertiary/aromatic N) is 4. The van der Waals surface area contributed by atoms with Gasteiger partial charge in [0.25, 0.3) is 11.6 Å². The van der Waals surface area contributed by atoms with Crippen LogP contribution in [0.1, 0.15) is 27.2 Å². The van der Waals surface area contributed by atoms with Crippen LogP contribution in [0.15, 0.2) is 60.8 Å². The number of pyridine rings is 1. The zero-order chi connectivity index (χ0) is 21.3. The third kappa shape index (κ3) is 3.90. The number of thiazole rings is 1. The van der Waals surface area contributed by atoms with Crippen LogP contribution < -0.4 is 4.90 Å². The molecular weight excluding hydrogens is 400 g/mol. The van der Waals surface area contributed by atoms with Crippen molar-refractivity contribution in [1.82, 2.24) is 9.97 Å². The standard InChI is InChI=1S/C22H18N4O3S/c1-14-10-15(2)20-19(11-14)30-22(24-20)25(13-17-7-3-4-9-23-17)21(27)16-6-5-8-18(12-16)26(28)29/h3-12H,13H2,1-2H3.